The summed E-state index contributed by atoms with van der Waals surface area (Å²) < 4.78 is 28.6. The fourth-order valence-corrected chi connectivity index (χ4v) is 5.16. The number of benzene rings is 3. The van der Waals surface area contributed by atoms with Crippen LogP contribution in [0.4, 0.5) is 14.5 Å². The predicted octanol–water partition coefficient (Wildman–Crippen LogP) is 7.23. The molecule has 3 heterocycles. The van der Waals surface area contributed by atoms with Crippen molar-refractivity contribution in [3.05, 3.63) is 83.9 Å². The minimum absolute atomic E-state index is 0. The molecular formula is C30H24ClF2N5O. The highest BCUT2D eigenvalue weighted by atomic mass is 35.5. The maximum Gasteiger partial charge on any atom is 0.182 e. The number of nitriles is 1. The van der Waals surface area contributed by atoms with Gasteiger partial charge < -0.3 is 10.0 Å². The summed E-state index contributed by atoms with van der Waals surface area (Å²) in [5.74, 6) is -1.29. The SMILES string of the molecule is Cl.N#Cc1c(-c2ccc(O)cc2F)nc2n[nH]c(-c3ccc(F)cc3)c2c1-c1ccc(N2CCCCC2)cc1. The summed E-state index contributed by atoms with van der Waals surface area (Å²) in [5.41, 5.74) is 4.35. The lowest BCUT2D eigenvalue weighted by Crippen LogP contribution is -2.29. The number of fused-ring (bicyclic) bond motifs is 1. The monoisotopic (exact) mass is 543 g/mol. The van der Waals surface area contributed by atoms with Crippen LogP contribution in [0, 0.1) is 23.0 Å². The van der Waals surface area contributed by atoms with E-state index in [9.17, 15) is 19.1 Å². The third kappa shape index (κ3) is 4.77. The molecule has 1 fully saturated rings. The minimum Gasteiger partial charge on any atom is -0.508 e. The number of rotatable bonds is 4. The summed E-state index contributed by atoms with van der Waals surface area (Å²) >= 11 is 0. The Morgan fingerprint density at radius 3 is 2.26 bits per heavy atom. The van der Waals surface area contributed by atoms with Gasteiger partial charge in [-0.25, -0.2) is 13.8 Å². The van der Waals surface area contributed by atoms with Gasteiger partial charge in [-0.2, -0.15) is 10.4 Å². The van der Waals surface area contributed by atoms with Gasteiger partial charge in [0.15, 0.2) is 5.65 Å². The molecule has 39 heavy (non-hydrogen) atoms. The van der Waals surface area contributed by atoms with Crippen molar-refractivity contribution in [2.75, 3.05) is 18.0 Å². The Bertz CT molecular complexity index is 1690. The van der Waals surface area contributed by atoms with Crippen LogP contribution in [0.25, 0.3) is 44.7 Å². The molecule has 0 aliphatic carbocycles. The van der Waals surface area contributed by atoms with Crippen LogP contribution >= 0.6 is 12.4 Å². The lowest BCUT2D eigenvalue weighted by atomic mass is 9.91. The third-order valence-electron chi connectivity index (χ3n) is 7.03. The Hall–Kier alpha value is -4.48. The summed E-state index contributed by atoms with van der Waals surface area (Å²) in [7, 11) is 0. The number of nitrogens with zero attached hydrogens (tertiary/aromatic N) is 4. The number of hydrogen-bond acceptors (Lipinski definition) is 5. The van der Waals surface area contributed by atoms with Gasteiger partial charge in [-0.05, 0) is 73.4 Å². The van der Waals surface area contributed by atoms with E-state index in [-0.39, 0.29) is 40.8 Å². The van der Waals surface area contributed by atoms with Crippen molar-refractivity contribution in [3.63, 3.8) is 0 Å². The molecular weight excluding hydrogens is 520 g/mol. The van der Waals surface area contributed by atoms with Gasteiger partial charge in [-0.1, -0.05) is 12.1 Å². The van der Waals surface area contributed by atoms with Crippen LogP contribution in [-0.4, -0.2) is 33.4 Å². The largest absolute Gasteiger partial charge is 0.508 e. The van der Waals surface area contributed by atoms with Crippen LogP contribution in [0.1, 0.15) is 24.8 Å². The molecule has 6 rings (SSSR count). The van der Waals surface area contributed by atoms with Crippen molar-refractivity contribution in [2.24, 2.45) is 0 Å². The Labute approximate surface area is 230 Å². The van der Waals surface area contributed by atoms with Crippen molar-refractivity contribution in [2.45, 2.75) is 19.3 Å². The molecule has 6 nitrogen and oxygen atoms in total. The topological polar surface area (TPSA) is 88.8 Å². The number of pyridine rings is 1. The molecule has 0 unspecified atom stereocenters. The molecule has 0 spiro atoms. The van der Waals surface area contributed by atoms with E-state index in [4.69, 9.17) is 0 Å². The third-order valence-corrected chi connectivity index (χ3v) is 7.03. The van der Waals surface area contributed by atoms with Gasteiger partial charge in [0.25, 0.3) is 0 Å². The molecule has 1 saturated heterocycles. The molecule has 0 radical (unpaired) electrons. The van der Waals surface area contributed by atoms with Gasteiger partial charge in [-0.3, -0.25) is 5.10 Å². The summed E-state index contributed by atoms with van der Waals surface area (Å²) in [6.45, 7) is 2.01. The van der Waals surface area contributed by atoms with Crippen LogP contribution in [0.5, 0.6) is 5.75 Å². The number of halogens is 3. The molecule has 1 aliphatic rings. The average Bonchev–Trinajstić information content (AvgIpc) is 3.37. The number of hydrogen-bond donors (Lipinski definition) is 2. The van der Waals surface area contributed by atoms with E-state index in [1.165, 1.54) is 30.7 Å². The van der Waals surface area contributed by atoms with Crippen LogP contribution in [0.15, 0.2) is 66.7 Å². The molecule has 2 aromatic heterocycles. The maximum absolute atomic E-state index is 15.0. The van der Waals surface area contributed by atoms with E-state index >= 15 is 0 Å². The van der Waals surface area contributed by atoms with Crippen molar-refractivity contribution in [3.8, 4) is 45.5 Å². The average molecular weight is 544 g/mol. The van der Waals surface area contributed by atoms with Crippen LogP contribution in [0.3, 0.4) is 0 Å². The molecule has 0 atom stereocenters. The number of aromatic nitrogens is 3. The maximum atomic E-state index is 15.0. The lowest BCUT2D eigenvalue weighted by molar-refractivity contribution is 0.469. The highest BCUT2D eigenvalue weighted by molar-refractivity contribution is 6.06. The first-order valence-corrected chi connectivity index (χ1v) is 12.5. The van der Waals surface area contributed by atoms with Crippen molar-refractivity contribution < 1.29 is 13.9 Å². The number of anilines is 1. The molecule has 0 bridgehead atoms. The Balaban J connectivity index is 0.00000308. The highest BCUT2D eigenvalue weighted by Gasteiger charge is 2.24. The van der Waals surface area contributed by atoms with Gasteiger partial charge in [0.1, 0.15) is 23.5 Å². The second kappa shape index (κ2) is 10.7. The zero-order chi connectivity index (χ0) is 26.2. The smallest absolute Gasteiger partial charge is 0.182 e. The van der Waals surface area contributed by atoms with Crippen LogP contribution < -0.4 is 4.90 Å². The molecule has 0 saturated carbocycles. The van der Waals surface area contributed by atoms with Crippen molar-refractivity contribution >= 4 is 29.1 Å². The fourth-order valence-electron chi connectivity index (χ4n) is 5.16. The number of piperidine rings is 1. The van der Waals surface area contributed by atoms with Gasteiger partial charge in [0, 0.05) is 41.5 Å². The number of phenolic OH excluding ortho intramolecular Hbond substituents is 1. The minimum atomic E-state index is -0.700. The number of nitrogens with one attached hydrogen (secondary N) is 1. The standard InChI is InChI=1S/C30H23F2N5O.ClH/c31-20-8-4-19(5-9-20)28-27-26(18-6-10-21(11-7-18)37-14-2-1-3-15-37)24(17-33)29(34-30(27)36-35-28)23-13-12-22(38)16-25(23)32;/h4-13,16,38H,1-3,14-15H2,(H,34,35,36);1H. The first-order chi connectivity index (χ1) is 18.5. The molecule has 3 aromatic carbocycles. The zero-order valence-electron chi connectivity index (χ0n) is 20.8. The second-order valence-corrected chi connectivity index (χ2v) is 9.39. The molecule has 5 aromatic rings. The lowest BCUT2D eigenvalue weighted by Gasteiger charge is -2.29. The summed E-state index contributed by atoms with van der Waals surface area (Å²) in [4.78, 5) is 6.93. The summed E-state index contributed by atoms with van der Waals surface area (Å²) in [5, 5.41) is 28.1. The normalized spacial score (nSPS) is 13.2. The molecule has 9 heteroatoms. The van der Waals surface area contributed by atoms with Gasteiger partial charge in [0.2, 0.25) is 0 Å². The number of aromatic hydroxyl groups is 1. The highest BCUT2D eigenvalue weighted by Crippen LogP contribution is 2.41. The molecule has 196 valence electrons. The van der Waals surface area contributed by atoms with E-state index < -0.39 is 5.82 Å². The van der Waals surface area contributed by atoms with E-state index in [1.54, 1.807) is 12.1 Å². The Morgan fingerprint density at radius 2 is 1.59 bits per heavy atom. The van der Waals surface area contributed by atoms with Crippen LogP contribution in [-0.2, 0) is 0 Å². The van der Waals surface area contributed by atoms with E-state index in [1.807, 2.05) is 24.3 Å². The molecule has 1 aliphatic heterocycles. The van der Waals surface area contributed by atoms with E-state index in [0.717, 1.165) is 43.2 Å². The first kappa shape index (κ1) is 26.1. The fraction of sp³-hybridized carbons (Fsp3) is 0.167. The molecule has 0 amide bonds. The second-order valence-electron chi connectivity index (χ2n) is 9.39. The number of phenols is 1. The summed E-state index contributed by atoms with van der Waals surface area (Å²) in [6, 6.07) is 19.9. The predicted molar refractivity (Wildman–Crippen MR) is 150 cm³/mol. The Morgan fingerprint density at radius 1 is 0.897 bits per heavy atom. The van der Waals surface area contributed by atoms with Crippen molar-refractivity contribution in [1.82, 2.24) is 15.2 Å². The van der Waals surface area contributed by atoms with Gasteiger partial charge >= 0.3 is 0 Å². The van der Waals surface area contributed by atoms with Gasteiger partial charge in [0.05, 0.1) is 22.3 Å². The van der Waals surface area contributed by atoms with Crippen LogP contribution in [0.2, 0.25) is 0 Å². The first-order valence-electron chi connectivity index (χ1n) is 12.5. The number of aromatic amines is 1. The summed E-state index contributed by atoms with van der Waals surface area (Å²) in [6.07, 6.45) is 3.55. The van der Waals surface area contributed by atoms with Gasteiger partial charge in [-0.15, -0.1) is 12.4 Å². The molecule has 2 N–H and O–H groups in total. The van der Waals surface area contributed by atoms with Crippen molar-refractivity contribution in [1.29, 1.82) is 5.26 Å². The number of H-pyrrole nitrogens is 1. The van der Waals surface area contributed by atoms with E-state index in [2.05, 4.69) is 26.2 Å². The quantitative estimate of drug-likeness (QED) is 0.250. The zero-order valence-corrected chi connectivity index (χ0v) is 21.6. The Kier molecular flexibility index (Phi) is 7.18. The van der Waals surface area contributed by atoms with E-state index in [0.29, 0.717) is 27.9 Å².